The molecule has 0 radical (unpaired) electrons. The van der Waals surface area contributed by atoms with Gasteiger partial charge in [0.05, 0.1) is 12.8 Å². The Morgan fingerprint density at radius 3 is 3.05 bits per heavy atom. The number of allylic oxidation sites excluding steroid dienone is 2. The third-order valence-electron chi connectivity index (χ3n) is 3.82. The first kappa shape index (κ1) is 13.1. The van der Waals surface area contributed by atoms with Crippen molar-refractivity contribution in [3.05, 3.63) is 36.4 Å². The van der Waals surface area contributed by atoms with E-state index in [4.69, 9.17) is 17.0 Å². The van der Waals surface area contributed by atoms with Crippen molar-refractivity contribution in [2.24, 2.45) is 16.9 Å². The number of methoxy groups -OCH3 is 1. The summed E-state index contributed by atoms with van der Waals surface area (Å²) < 4.78 is 5.27. The smallest absolute Gasteiger partial charge is 0.191 e. The molecule has 0 heterocycles. The van der Waals surface area contributed by atoms with Gasteiger partial charge in [0.2, 0.25) is 0 Å². The third-order valence-corrected chi connectivity index (χ3v) is 4.01. The normalized spacial score (nSPS) is 24.9. The summed E-state index contributed by atoms with van der Waals surface area (Å²) in [5.41, 5.74) is 4.97. The number of hydrogen-bond acceptors (Lipinski definition) is 3. The molecule has 4 nitrogen and oxygen atoms in total. The Labute approximate surface area is 123 Å². The van der Waals surface area contributed by atoms with Crippen molar-refractivity contribution in [3.8, 4) is 5.75 Å². The zero-order chi connectivity index (χ0) is 13.9. The van der Waals surface area contributed by atoms with Gasteiger partial charge >= 0.3 is 0 Å². The standard InChI is InChI=1S/C15H17N3OS/c1-19-14-8-3-2-7-12(14)16-15(20)18-17-13-9-10-5-4-6-11(10)13/h2-5,7-8,10-11H,6,9H2,1H3,(H2,16,18,20)/b17-13-. The molecule has 104 valence electrons. The van der Waals surface area contributed by atoms with Crippen LogP contribution in [0, 0.1) is 11.8 Å². The van der Waals surface area contributed by atoms with Crippen LogP contribution in [0.15, 0.2) is 41.5 Å². The zero-order valence-electron chi connectivity index (χ0n) is 11.3. The van der Waals surface area contributed by atoms with E-state index >= 15 is 0 Å². The Morgan fingerprint density at radius 2 is 2.25 bits per heavy atom. The highest BCUT2D eigenvalue weighted by Crippen LogP contribution is 2.40. The molecule has 5 heteroatoms. The fourth-order valence-corrected chi connectivity index (χ4v) is 2.84. The van der Waals surface area contributed by atoms with Crippen LogP contribution in [0.25, 0.3) is 0 Å². The van der Waals surface area contributed by atoms with E-state index in [1.165, 1.54) is 5.71 Å². The van der Waals surface area contributed by atoms with Crippen molar-refractivity contribution < 1.29 is 4.74 Å². The molecule has 3 rings (SSSR count). The predicted molar refractivity (Wildman–Crippen MR) is 85.1 cm³/mol. The minimum absolute atomic E-state index is 0.483. The number of benzene rings is 1. The summed E-state index contributed by atoms with van der Waals surface area (Å²) in [5.74, 6) is 2.05. The van der Waals surface area contributed by atoms with Gasteiger partial charge < -0.3 is 10.1 Å². The molecule has 2 aliphatic rings. The van der Waals surface area contributed by atoms with Crippen LogP contribution < -0.4 is 15.5 Å². The van der Waals surface area contributed by atoms with Crippen LogP contribution in [0.2, 0.25) is 0 Å². The number of hydrogen-bond donors (Lipinski definition) is 2. The van der Waals surface area contributed by atoms with E-state index in [-0.39, 0.29) is 0 Å². The summed E-state index contributed by atoms with van der Waals surface area (Å²) in [6.45, 7) is 0. The van der Waals surface area contributed by atoms with Crippen molar-refractivity contribution in [1.29, 1.82) is 0 Å². The second kappa shape index (κ2) is 5.63. The van der Waals surface area contributed by atoms with Gasteiger partial charge in [0.15, 0.2) is 5.11 Å². The number of rotatable bonds is 3. The van der Waals surface area contributed by atoms with E-state index in [0.29, 0.717) is 16.9 Å². The minimum Gasteiger partial charge on any atom is -0.495 e. The molecule has 0 saturated heterocycles. The molecule has 1 aromatic rings. The summed E-state index contributed by atoms with van der Waals surface area (Å²) in [6, 6.07) is 7.65. The predicted octanol–water partition coefficient (Wildman–Crippen LogP) is 2.93. The molecule has 0 bridgehead atoms. The largest absolute Gasteiger partial charge is 0.495 e. The fraction of sp³-hybridized carbons (Fsp3) is 0.333. The second-order valence-corrected chi connectivity index (χ2v) is 5.42. The van der Waals surface area contributed by atoms with Crippen molar-refractivity contribution in [3.63, 3.8) is 0 Å². The molecule has 2 atom stereocenters. The lowest BCUT2D eigenvalue weighted by molar-refractivity contribution is 0.417. The second-order valence-electron chi connectivity index (χ2n) is 5.01. The highest BCUT2D eigenvalue weighted by molar-refractivity contribution is 7.80. The number of nitrogens with zero attached hydrogens (tertiary/aromatic N) is 1. The number of fused-ring (bicyclic) bond motifs is 1. The summed E-state index contributed by atoms with van der Waals surface area (Å²) in [4.78, 5) is 0. The van der Waals surface area contributed by atoms with E-state index in [1.54, 1.807) is 7.11 Å². The van der Waals surface area contributed by atoms with Gasteiger partial charge in [-0.15, -0.1) is 0 Å². The summed E-state index contributed by atoms with van der Waals surface area (Å²) in [6.07, 6.45) is 6.68. The first-order valence-corrected chi connectivity index (χ1v) is 7.12. The highest BCUT2D eigenvalue weighted by atomic mass is 32.1. The van der Waals surface area contributed by atoms with Crippen molar-refractivity contribution in [2.75, 3.05) is 12.4 Å². The lowest BCUT2D eigenvalue weighted by Crippen LogP contribution is -2.36. The number of thiocarbonyl (C=S) groups is 1. The molecule has 0 aromatic heterocycles. The van der Waals surface area contributed by atoms with E-state index in [9.17, 15) is 0 Å². The van der Waals surface area contributed by atoms with Crippen LogP contribution in [0.5, 0.6) is 5.75 Å². The van der Waals surface area contributed by atoms with Gasteiger partial charge in [0, 0.05) is 11.6 Å². The van der Waals surface area contributed by atoms with E-state index in [2.05, 4.69) is 28.0 Å². The first-order chi connectivity index (χ1) is 9.78. The van der Waals surface area contributed by atoms with Gasteiger partial charge in [-0.2, -0.15) is 5.10 Å². The summed E-state index contributed by atoms with van der Waals surface area (Å²) in [7, 11) is 1.64. The Hall–Kier alpha value is -1.88. The Balaban J connectivity index is 1.56. The number of para-hydroxylation sites is 2. The number of nitrogens with one attached hydrogen (secondary N) is 2. The van der Waals surface area contributed by atoms with E-state index in [0.717, 1.165) is 24.3 Å². The van der Waals surface area contributed by atoms with Crippen molar-refractivity contribution in [1.82, 2.24) is 5.43 Å². The molecular weight excluding hydrogens is 270 g/mol. The lowest BCUT2D eigenvalue weighted by Gasteiger charge is -2.31. The molecular formula is C15H17N3OS. The molecule has 1 fully saturated rings. The number of anilines is 1. The topological polar surface area (TPSA) is 45.6 Å². The van der Waals surface area contributed by atoms with Gasteiger partial charge in [-0.25, -0.2) is 0 Å². The van der Waals surface area contributed by atoms with Crippen LogP contribution >= 0.6 is 12.2 Å². The number of ether oxygens (including phenoxy) is 1. The molecule has 0 spiro atoms. The Bertz CT molecular complexity index is 582. The van der Waals surface area contributed by atoms with Gasteiger partial charge in [0.1, 0.15) is 5.75 Å². The third kappa shape index (κ3) is 2.54. The molecule has 2 unspecified atom stereocenters. The first-order valence-electron chi connectivity index (χ1n) is 6.71. The molecule has 2 N–H and O–H groups in total. The number of hydrazone groups is 1. The van der Waals surface area contributed by atoms with Crippen LogP contribution in [0.3, 0.4) is 0 Å². The van der Waals surface area contributed by atoms with Gasteiger partial charge in [-0.05, 0) is 43.1 Å². The van der Waals surface area contributed by atoms with Crippen molar-refractivity contribution in [2.45, 2.75) is 12.8 Å². The zero-order valence-corrected chi connectivity index (χ0v) is 12.1. The monoisotopic (exact) mass is 287 g/mol. The summed E-state index contributed by atoms with van der Waals surface area (Å²) >= 11 is 5.25. The Kier molecular flexibility index (Phi) is 3.69. The molecule has 2 aliphatic carbocycles. The molecule has 20 heavy (non-hydrogen) atoms. The average molecular weight is 287 g/mol. The van der Waals surface area contributed by atoms with E-state index < -0.39 is 0 Å². The average Bonchev–Trinajstić information content (AvgIpc) is 2.81. The maximum absolute atomic E-state index is 5.27. The molecule has 0 aliphatic heterocycles. The van der Waals surface area contributed by atoms with Crippen LogP contribution in [-0.4, -0.2) is 17.9 Å². The van der Waals surface area contributed by atoms with Crippen LogP contribution in [0.1, 0.15) is 12.8 Å². The van der Waals surface area contributed by atoms with Gasteiger partial charge in [-0.3, -0.25) is 5.43 Å². The van der Waals surface area contributed by atoms with Gasteiger partial charge in [-0.1, -0.05) is 24.3 Å². The van der Waals surface area contributed by atoms with Crippen molar-refractivity contribution >= 4 is 28.7 Å². The summed E-state index contributed by atoms with van der Waals surface area (Å²) in [5, 5.41) is 7.99. The maximum atomic E-state index is 5.27. The maximum Gasteiger partial charge on any atom is 0.191 e. The molecule has 0 amide bonds. The SMILES string of the molecule is COc1ccccc1NC(=S)N/N=C1/CC2C=CCC12. The van der Waals surface area contributed by atoms with Gasteiger partial charge in [0.25, 0.3) is 0 Å². The molecule has 1 aromatic carbocycles. The van der Waals surface area contributed by atoms with E-state index in [1.807, 2.05) is 24.3 Å². The fourth-order valence-electron chi connectivity index (χ4n) is 2.68. The van der Waals surface area contributed by atoms with Crippen LogP contribution in [-0.2, 0) is 0 Å². The minimum atomic E-state index is 0.483. The lowest BCUT2D eigenvalue weighted by atomic mass is 9.74. The highest BCUT2D eigenvalue weighted by Gasteiger charge is 2.37. The quantitative estimate of drug-likeness (QED) is 0.510. The Morgan fingerprint density at radius 1 is 1.40 bits per heavy atom. The molecule has 1 saturated carbocycles. The van der Waals surface area contributed by atoms with Crippen LogP contribution in [0.4, 0.5) is 5.69 Å².